The molecule has 3 heteroatoms. The molecule has 0 aliphatic rings. The minimum absolute atomic E-state index is 0.198. The SMILES string of the molecule is Cc1ccc(OCc2cccc(CN)c2F)c(C)c1. The topological polar surface area (TPSA) is 35.2 Å². The normalized spacial score (nSPS) is 10.5. The Bertz CT molecular complexity index is 581. The monoisotopic (exact) mass is 259 g/mol. The van der Waals surface area contributed by atoms with Gasteiger partial charge < -0.3 is 10.5 Å². The van der Waals surface area contributed by atoms with Crippen molar-refractivity contribution in [3.63, 3.8) is 0 Å². The Labute approximate surface area is 113 Å². The van der Waals surface area contributed by atoms with Crippen molar-refractivity contribution in [3.8, 4) is 5.75 Å². The smallest absolute Gasteiger partial charge is 0.134 e. The van der Waals surface area contributed by atoms with Gasteiger partial charge in [0.05, 0.1) is 0 Å². The van der Waals surface area contributed by atoms with Gasteiger partial charge in [0.25, 0.3) is 0 Å². The number of rotatable bonds is 4. The van der Waals surface area contributed by atoms with E-state index in [1.807, 2.05) is 32.0 Å². The summed E-state index contributed by atoms with van der Waals surface area (Å²) in [6, 6.07) is 11.1. The highest BCUT2D eigenvalue weighted by molar-refractivity contribution is 5.36. The summed E-state index contributed by atoms with van der Waals surface area (Å²) in [4.78, 5) is 0. The maximum Gasteiger partial charge on any atom is 0.134 e. The lowest BCUT2D eigenvalue weighted by Gasteiger charge is -2.11. The van der Waals surface area contributed by atoms with Crippen molar-refractivity contribution in [2.24, 2.45) is 5.73 Å². The Morgan fingerprint density at radius 2 is 1.84 bits per heavy atom. The van der Waals surface area contributed by atoms with Crippen LogP contribution < -0.4 is 10.5 Å². The average molecular weight is 259 g/mol. The standard InChI is InChI=1S/C16H18FNO/c1-11-6-7-15(12(2)8-11)19-10-14-5-3-4-13(9-18)16(14)17/h3-8H,9-10,18H2,1-2H3. The molecule has 0 spiro atoms. The van der Waals surface area contributed by atoms with Crippen molar-refractivity contribution in [2.45, 2.75) is 27.0 Å². The maximum atomic E-state index is 14.0. The van der Waals surface area contributed by atoms with Gasteiger partial charge in [-0.25, -0.2) is 4.39 Å². The zero-order valence-electron chi connectivity index (χ0n) is 11.2. The molecule has 0 aliphatic carbocycles. The van der Waals surface area contributed by atoms with Crippen LogP contribution in [0, 0.1) is 19.7 Å². The van der Waals surface area contributed by atoms with Crippen molar-refractivity contribution in [1.29, 1.82) is 0 Å². The Morgan fingerprint density at radius 3 is 2.53 bits per heavy atom. The molecular weight excluding hydrogens is 241 g/mol. The van der Waals surface area contributed by atoms with Crippen LogP contribution in [0.3, 0.4) is 0 Å². The molecule has 2 rings (SSSR count). The second-order valence-corrected chi connectivity index (χ2v) is 4.65. The highest BCUT2D eigenvalue weighted by Crippen LogP contribution is 2.21. The summed E-state index contributed by atoms with van der Waals surface area (Å²) in [5, 5.41) is 0. The van der Waals surface area contributed by atoms with Gasteiger partial charge in [-0.15, -0.1) is 0 Å². The maximum absolute atomic E-state index is 14.0. The van der Waals surface area contributed by atoms with Crippen LogP contribution in [0.25, 0.3) is 0 Å². The van der Waals surface area contributed by atoms with E-state index in [2.05, 4.69) is 0 Å². The third-order valence-corrected chi connectivity index (χ3v) is 3.09. The van der Waals surface area contributed by atoms with E-state index in [-0.39, 0.29) is 19.0 Å². The summed E-state index contributed by atoms with van der Waals surface area (Å²) in [5.41, 5.74) is 8.77. The molecule has 100 valence electrons. The van der Waals surface area contributed by atoms with Crippen LogP contribution >= 0.6 is 0 Å². The van der Waals surface area contributed by atoms with Crippen molar-refractivity contribution in [3.05, 3.63) is 64.5 Å². The van der Waals surface area contributed by atoms with Crippen molar-refractivity contribution in [2.75, 3.05) is 0 Å². The van der Waals surface area contributed by atoms with E-state index in [1.165, 1.54) is 5.56 Å². The van der Waals surface area contributed by atoms with E-state index in [4.69, 9.17) is 10.5 Å². The zero-order valence-corrected chi connectivity index (χ0v) is 11.2. The Morgan fingerprint density at radius 1 is 1.11 bits per heavy atom. The van der Waals surface area contributed by atoms with E-state index in [0.717, 1.165) is 11.3 Å². The first-order valence-corrected chi connectivity index (χ1v) is 6.28. The first-order chi connectivity index (χ1) is 9.11. The zero-order chi connectivity index (χ0) is 13.8. The molecule has 0 amide bonds. The van der Waals surface area contributed by atoms with Crippen LogP contribution in [0.4, 0.5) is 4.39 Å². The van der Waals surface area contributed by atoms with E-state index < -0.39 is 0 Å². The van der Waals surface area contributed by atoms with Crippen molar-refractivity contribution >= 4 is 0 Å². The summed E-state index contributed by atoms with van der Waals surface area (Å²) in [6.07, 6.45) is 0. The molecule has 0 saturated heterocycles. The minimum Gasteiger partial charge on any atom is -0.489 e. The quantitative estimate of drug-likeness (QED) is 0.912. The molecule has 0 bridgehead atoms. The van der Waals surface area contributed by atoms with Gasteiger partial charge in [-0.05, 0) is 25.5 Å². The molecule has 0 atom stereocenters. The summed E-state index contributed by atoms with van der Waals surface area (Å²) in [6.45, 7) is 4.42. The fraction of sp³-hybridized carbons (Fsp3) is 0.250. The van der Waals surface area contributed by atoms with Crippen LogP contribution in [0.2, 0.25) is 0 Å². The number of aryl methyl sites for hydroxylation is 2. The number of ether oxygens (including phenoxy) is 1. The molecule has 2 N–H and O–H groups in total. The lowest BCUT2D eigenvalue weighted by molar-refractivity contribution is 0.297. The second kappa shape index (κ2) is 5.85. The summed E-state index contributed by atoms with van der Waals surface area (Å²) in [5.74, 6) is 0.512. The average Bonchev–Trinajstić information content (AvgIpc) is 2.39. The predicted octanol–water partition coefficient (Wildman–Crippen LogP) is 3.48. The highest BCUT2D eigenvalue weighted by atomic mass is 19.1. The minimum atomic E-state index is -0.269. The second-order valence-electron chi connectivity index (χ2n) is 4.65. The van der Waals surface area contributed by atoms with Gasteiger partial charge in [0.15, 0.2) is 0 Å². The van der Waals surface area contributed by atoms with E-state index >= 15 is 0 Å². The van der Waals surface area contributed by atoms with E-state index in [0.29, 0.717) is 11.1 Å². The molecule has 0 aliphatic heterocycles. The Kier molecular flexibility index (Phi) is 4.17. The molecule has 0 aromatic heterocycles. The molecule has 0 fully saturated rings. The first kappa shape index (κ1) is 13.6. The Balaban J connectivity index is 2.14. The van der Waals surface area contributed by atoms with E-state index in [9.17, 15) is 4.39 Å². The van der Waals surface area contributed by atoms with Gasteiger partial charge in [-0.2, -0.15) is 0 Å². The number of hydrogen-bond donors (Lipinski definition) is 1. The lowest BCUT2D eigenvalue weighted by Crippen LogP contribution is -2.05. The molecular formula is C16H18FNO. The predicted molar refractivity (Wildman–Crippen MR) is 74.5 cm³/mol. The van der Waals surface area contributed by atoms with Crippen LogP contribution in [-0.4, -0.2) is 0 Å². The molecule has 2 aromatic carbocycles. The van der Waals surface area contributed by atoms with Crippen LogP contribution in [0.5, 0.6) is 5.75 Å². The first-order valence-electron chi connectivity index (χ1n) is 6.28. The highest BCUT2D eigenvalue weighted by Gasteiger charge is 2.08. The molecule has 0 radical (unpaired) electrons. The van der Waals surface area contributed by atoms with Crippen molar-refractivity contribution in [1.82, 2.24) is 0 Å². The van der Waals surface area contributed by atoms with Crippen LogP contribution in [-0.2, 0) is 13.2 Å². The molecule has 0 saturated carbocycles. The van der Waals surface area contributed by atoms with Gasteiger partial charge >= 0.3 is 0 Å². The van der Waals surface area contributed by atoms with Gasteiger partial charge in [-0.3, -0.25) is 0 Å². The number of nitrogens with two attached hydrogens (primary N) is 1. The molecule has 19 heavy (non-hydrogen) atoms. The number of hydrogen-bond acceptors (Lipinski definition) is 2. The third kappa shape index (κ3) is 3.12. The van der Waals surface area contributed by atoms with Crippen molar-refractivity contribution < 1.29 is 9.13 Å². The van der Waals surface area contributed by atoms with Crippen LogP contribution in [0.1, 0.15) is 22.3 Å². The van der Waals surface area contributed by atoms with Gasteiger partial charge in [0, 0.05) is 17.7 Å². The molecule has 0 heterocycles. The van der Waals surface area contributed by atoms with Gasteiger partial charge in [-0.1, -0.05) is 35.9 Å². The fourth-order valence-corrected chi connectivity index (χ4v) is 2.02. The molecule has 0 unspecified atom stereocenters. The summed E-state index contributed by atoms with van der Waals surface area (Å²) < 4.78 is 19.7. The fourth-order valence-electron chi connectivity index (χ4n) is 2.02. The number of benzene rings is 2. The lowest BCUT2D eigenvalue weighted by atomic mass is 10.1. The number of halogens is 1. The van der Waals surface area contributed by atoms with E-state index in [1.54, 1.807) is 18.2 Å². The largest absolute Gasteiger partial charge is 0.489 e. The molecule has 2 nitrogen and oxygen atoms in total. The summed E-state index contributed by atoms with van der Waals surface area (Å²) >= 11 is 0. The van der Waals surface area contributed by atoms with Crippen LogP contribution in [0.15, 0.2) is 36.4 Å². The van der Waals surface area contributed by atoms with Gasteiger partial charge in [0.1, 0.15) is 18.2 Å². The summed E-state index contributed by atoms with van der Waals surface area (Å²) in [7, 11) is 0. The molecule has 2 aromatic rings. The Hall–Kier alpha value is -1.87. The third-order valence-electron chi connectivity index (χ3n) is 3.09. The van der Waals surface area contributed by atoms with Gasteiger partial charge in [0.2, 0.25) is 0 Å².